The van der Waals surface area contributed by atoms with Gasteiger partial charge in [0.1, 0.15) is 24.2 Å². The Bertz CT molecular complexity index is 1510. The van der Waals surface area contributed by atoms with Crippen molar-refractivity contribution in [2.24, 2.45) is 0 Å². The van der Waals surface area contributed by atoms with Crippen LogP contribution in [0.25, 0.3) is 5.57 Å². The lowest BCUT2D eigenvalue weighted by atomic mass is 9.83. The molecule has 1 aliphatic rings. The summed E-state index contributed by atoms with van der Waals surface area (Å²) >= 11 is 0. The van der Waals surface area contributed by atoms with Crippen LogP contribution in [0.4, 0.5) is 18.9 Å². The van der Waals surface area contributed by atoms with Crippen LogP contribution in [0.2, 0.25) is 0 Å². The quantitative estimate of drug-likeness (QED) is 0.138. The van der Waals surface area contributed by atoms with Gasteiger partial charge >= 0.3 is 18.1 Å². The maximum absolute atomic E-state index is 14.8. The van der Waals surface area contributed by atoms with Crippen molar-refractivity contribution in [3.8, 4) is 5.75 Å². The van der Waals surface area contributed by atoms with Gasteiger partial charge in [-0.15, -0.1) is 0 Å². The molecule has 1 heterocycles. The fraction of sp³-hybridized carbons (Fsp3) is 0.455. The van der Waals surface area contributed by atoms with E-state index in [4.69, 9.17) is 9.47 Å². The van der Waals surface area contributed by atoms with E-state index in [0.717, 1.165) is 22.6 Å². The molecule has 47 heavy (non-hydrogen) atoms. The Kier molecular flexibility index (Phi) is 12.2. The monoisotopic (exact) mass is 663 g/mol. The molecular weight excluding hydrogens is 623 g/mol. The van der Waals surface area contributed by atoms with Crippen molar-refractivity contribution in [1.29, 1.82) is 0 Å². The Balaban J connectivity index is 1.90. The first kappa shape index (κ1) is 37.0. The predicted molar refractivity (Wildman–Crippen MR) is 168 cm³/mol. The number of aliphatic hydroxyl groups excluding tert-OH is 1. The number of aliphatic carboxylic acids is 1. The van der Waals surface area contributed by atoms with E-state index in [1.807, 2.05) is 20.8 Å². The Morgan fingerprint density at radius 2 is 1.79 bits per heavy atom. The van der Waals surface area contributed by atoms with E-state index < -0.39 is 63.3 Å². The lowest BCUT2D eigenvalue weighted by molar-refractivity contribution is -0.384. The Morgan fingerprint density at radius 1 is 1.13 bits per heavy atom. The number of hydrogen-bond donors (Lipinski definition) is 3. The fourth-order valence-corrected chi connectivity index (χ4v) is 5.21. The van der Waals surface area contributed by atoms with Crippen molar-refractivity contribution in [1.82, 2.24) is 10.2 Å². The van der Waals surface area contributed by atoms with Crippen molar-refractivity contribution in [2.45, 2.75) is 71.3 Å². The number of alkyl halides is 3. The van der Waals surface area contributed by atoms with Gasteiger partial charge in [0.05, 0.1) is 28.7 Å². The Hall–Kier alpha value is -4.43. The number of nitro groups is 1. The smallest absolute Gasteiger partial charge is 0.432 e. The summed E-state index contributed by atoms with van der Waals surface area (Å²) in [5.74, 6) is -2.48. The van der Waals surface area contributed by atoms with Gasteiger partial charge in [0.15, 0.2) is 0 Å². The summed E-state index contributed by atoms with van der Waals surface area (Å²) in [4.78, 5) is 37.3. The second-order valence-electron chi connectivity index (χ2n) is 12.1. The summed E-state index contributed by atoms with van der Waals surface area (Å²) in [5, 5.41) is 35.0. The molecule has 0 radical (unpaired) electrons. The number of hydrogen-bond acceptors (Lipinski definition) is 9. The van der Waals surface area contributed by atoms with Crippen LogP contribution in [-0.4, -0.2) is 82.1 Å². The minimum absolute atomic E-state index is 0.0579. The molecule has 2 atom stereocenters. The number of esters is 1. The third-order valence-corrected chi connectivity index (χ3v) is 7.35. The second-order valence-corrected chi connectivity index (χ2v) is 12.1. The number of carbonyl (C=O) groups is 2. The van der Waals surface area contributed by atoms with Crippen LogP contribution in [0.3, 0.4) is 0 Å². The van der Waals surface area contributed by atoms with E-state index in [9.17, 15) is 43.1 Å². The van der Waals surface area contributed by atoms with Crippen LogP contribution in [-0.2, 0) is 20.7 Å². The number of ether oxygens (including phenoxy) is 2. The number of benzene rings is 2. The molecule has 0 fully saturated rings. The summed E-state index contributed by atoms with van der Waals surface area (Å²) in [6.45, 7) is 8.44. The number of non-ortho nitro benzene ring substituents is 1. The molecule has 0 bridgehead atoms. The van der Waals surface area contributed by atoms with E-state index in [-0.39, 0.29) is 37.3 Å². The van der Waals surface area contributed by atoms with Gasteiger partial charge in [0, 0.05) is 36.3 Å². The zero-order valence-corrected chi connectivity index (χ0v) is 26.9. The molecule has 256 valence electrons. The summed E-state index contributed by atoms with van der Waals surface area (Å²) in [5.41, 5.74) is -3.61. The molecule has 2 aromatic rings. The number of nitro benzene ring substituents is 1. The number of carboxylic acids is 1. The Morgan fingerprint density at radius 3 is 2.34 bits per heavy atom. The highest BCUT2D eigenvalue weighted by molar-refractivity contribution is 6.14. The SMILES string of the molecule is CCOC(=O)C1=C(C(F)(F)F)N(CCCc2ccc(OCC(O)CNC(C)(C)C)cc2)C(C)C(C(=O)O)=C1c1cccc([N+](=O)[O-])c1. The van der Waals surface area contributed by atoms with Gasteiger partial charge in [0.25, 0.3) is 5.69 Å². The van der Waals surface area contributed by atoms with Crippen LogP contribution < -0.4 is 10.1 Å². The van der Waals surface area contributed by atoms with E-state index in [0.29, 0.717) is 18.7 Å². The summed E-state index contributed by atoms with van der Waals surface area (Å²) < 4.78 is 55.2. The number of halogens is 3. The number of rotatable bonds is 14. The summed E-state index contributed by atoms with van der Waals surface area (Å²) in [6, 6.07) is 9.93. The van der Waals surface area contributed by atoms with Crippen LogP contribution in [0.1, 0.15) is 52.2 Å². The number of allylic oxidation sites excluding steroid dienone is 1. The molecular formula is C33H40F3N3O8. The van der Waals surface area contributed by atoms with Gasteiger partial charge in [0.2, 0.25) is 0 Å². The lowest BCUT2D eigenvalue weighted by Gasteiger charge is -2.40. The highest BCUT2D eigenvalue weighted by Gasteiger charge is 2.49. The largest absolute Gasteiger partial charge is 0.491 e. The van der Waals surface area contributed by atoms with Crippen molar-refractivity contribution in [2.75, 3.05) is 26.3 Å². The summed E-state index contributed by atoms with van der Waals surface area (Å²) in [7, 11) is 0. The van der Waals surface area contributed by atoms with E-state index in [1.165, 1.54) is 26.0 Å². The zero-order valence-electron chi connectivity index (χ0n) is 26.9. The number of nitrogens with zero attached hydrogens (tertiary/aromatic N) is 2. The predicted octanol–water partition coefficient (Wildman–Crippen LogP) is 5.28. The highest BCUT2D eigenvalue weighted by atomic mass is 19.4. The van der Waals surface area contributed by atoms with Gasteiger partial charge in [-0.1, -0.05) is 24.3 Å². The first-order valence-electron chi connectivity index (χ1n) is 15.1. The molecule has 0 saturated carbocycles. The molecule has 0 aliphatic carbocycles. The van der Waals surface area contributed by atoms with Crippen molar-refractivity contribution in [3.05, 3.63) is 86.6 Å². The third-order valence-electron chi connectivity index (χ3n) is 7.35. The lowest BCUT2D eigenvalue weighted by Crippen LogP contribution is -2.46. The molecule has 1 aliphatic heterocycles. The van der Waals surface area contributed by atoms with Crippen molar-refractivity contribution in [3.63, 3.8) is 0 Å². The molecule has 14 heteroatoms. The number of carboxylic acid groups (broad SMARTS) is 1. The standard InChI is InChI=1S/C33H40F3N3O8/c1-6-46-31(43)28-27(22-10-7-11-23(17-22)39(44)45)26(30(41)42)20(2)38(29(28)33(34,35)36)16-8-9-21-12-14-25(15-13-21)47-19-24(40)18-37-32(3,4)5/h7,10-15,17,20,24,37,40H,6,8-9,16,18-19H2,1-5H3,(H,41,42). The number of nitrogens with one attached hydrogen (secondary N) is 1. The van der Waals surface area contributed by atoms with Gasteiger partial charge in [-0.05, 0) is 70.7 Å². The normalized spacial score (nSPS) is 16.3. The molecule has 2 aromatic carbocycles. The summed E-state index contributed by atoms with van der Waals surface area (Å²) in [6.07, 6.45) is -5.39. The molecule has 11 nitrogen and oxygen atoms in total. The molecule has 3 rings (SSSR count). The minimum atomic E-state index is -5.11. The van der Waals surface area contributed by atoms with E-state index in [1.54, 1.807) is 24.3 Å². The van der Waals surface area contributed by atoms with Gasteiger partial charge < -0.3 is 29.9 Å². The minimum Gasteiger partial charge on any atom is -0.491 e. The van der Waals surface area contributed by atoms with Crippen LogP contribution >= 0.6 is 0 Å². The number of carbonyl (C=O) groups excluding carboxylic acids is 1. The van der Waals surface area contributed by atoms with Crippen molar-refractivity contribution >= 4 is 23.2 Å². The first-order chi connectivity index (χ1) is 21.9. The van der Waals surface area contributed by atoms with E-state index in [2.05, 4.69) is 5.32 Å². The van der Waals surface area contributed by atoms with Crippen LogP contribution in [0, 0.1) is 10.1 Å². The first-order valence-corrected chi connectivity index (χ1v) is 15.1. The molecule has 0 spiro atoms. The Labute approximate surface area is 270 Å². The maximum atomic E-state index is 14.8. The molecule has 0 aromatic heterocycles. The van der Waals surface area contributed by atoms with Crippen LogP contribution in [0.15, 0.2) is 65.4 Å². The molecule has 2 unspecified atom stereocenters. The topological polar surface area (TPSA) is 151 Å². The number of aliphatic hydroxyl groups is 1. The molecule has 0 amide bonds. The zero-order chi connectivity index (χ0) is 35.1. The van der Waals surface area contributed by atoms with Crippen LogP contribution in [0.5, 0.6) is 5.75 Å². The van der Waals surface area contributed by atoms with Gasteiger partial charge in [-0.3, -0.25) is 10.1 Å². The molecule has 3 N–H and O–H groups in total. The molecule has 0 saturated heterocycles. The van der Waals surface area contributed by atoms with Gasteiger partial charge in [-0.25, -0.2) is 9.59 Å². The fourth-order valence-electron chi connectivity index (χ4n) is 5.21. The average molecular weight is 664 g/mol. The number of aryl methyl sites for hydroxylation is 1. The third kappa shape index (κ3) is 9.78. The second kappa shape index (κ2) is 15.4. The maximum Gasteiger partial charge on any atom is 0.432 e. The highest BCUT2D eigenvalue weighted by Crippen LogP contribution is 2.45. The average Bonchev–Trinajstić information content (AvgIpc) is 2.98. The van der Waals surface area contributed by atoms with E-state index >= 15 is 0 Å². The number of β-amino-alcohol motifs (C(OH)–C–C–N with tert-alkyl or cyclic N) is 1. The van der Waals surface area contributed by atoms with Crippen molar-refractivity contribution < 1.29 is 47.4 Å². The van der Waals surface area contributed by atoms with Gasteiger partial charge in [-0.2, -0.15) is 13.2 Å².